The van der Waals surface area contributed by atoms with Gasteiger partial charge in [0, 0.05) is 24.1 Å². The number of carbonyl (C=O) groups is 5. The van der Waals surface area contributed by atoms with E-state index < -0.39 is 30.3 Å². The van der Waals surface area contributed by atoms with Crippen LogP contribution >= 0.6 is 11.6 Å². The molecule has 0 atom stereocenters. The van der Waals surface area contributed by atoms with Crippen LogP contribution in [0.1, 0.15) is 46.9 Å². The minimum atomic E-state index is -0.648. The predicted molar refractivity (Wildman–Crippen MR) is 117 cm³/mol. The summed E-state index contributed by atoms with van der Waals surface area (Å²) in [5.74, 6) is -2.41. The Bertz CT molecular complexity index is 1020. The number of nitrogens with one attached hydrogen (secondary N) is 3. The molecule has 0 bridgehead atoms. The number of anilines is 1. The number of rotatable bonds is 9. The quantitative estimate of drug-likeness (QED) is 0.300. The molecule has 0 heterocycles. The Balaban J connectivity index is 1.63. The Morgan fingerprint density at radius 2 is 1.66 bits per heavy atom. The fourth-order valence-corrected chi connectivity index (χ4v) is 2.75. The van der Waals surface area contributed by atoms with Crippen molar-refractivity contribution in [3.05, 3.63) is 64.7 Å². The third-order valence-electron chi connectivity index (χ3n) is 4.14. The molecular formula is C22H22ClN3O6. The molecule has 0 spiro atoms. The van der Waals surface area contributed by atoms with Crippen molar-refractivity contribution in [1.82, 2.24) is 10.9 Å². The molecule has 32 heavy (non-hydrogen) atoms. The number of hydrogen-bond acceptors (Lipinski definition) is 6. The number of hydrazine groups is 1. The minimum Gasteiger partial charge on any atom is -0.456 e. The maximum absolute atomic E-state index is 11.9. The number of benzene rings is 2. The fourth-order valence-electron chi connectivity index (χ4n) is 2.53. The number of ether oxygens (including phenoxy) is 1. The molecule has 0 unspecified atom stereocenters. The smallest absolute Gasteiger partial charge is 0.306 e. The maximum Gasteiger partial charge on any atom is 0.306 e. The lowest BCUT2D eigenvalue weighted by Crippen LogP contribution is -2.41. The van der Waals surface area contributed by atoms with Crippen LogP contribution in [0.2, 0.25) is 5.02 Å². The van der Waals surface area contributed by atoms with Crippen LogP contribution in [0.5, 0.6) is 0 Å². The van der Waals surface area contributed by atoms with Crippen molar-refractivity contribution < 1.29 is 28.7 Å². The largest absolute Gasteiger partial charge is 0.456 e. The lowest BCUT2D eigenvalue weighted by Gasteiger charge is -2.09. The van der Waals surface area contributed by atoms with Crippen LogP contribution in [0, 0.1) is 0 Å². The first-order valence-electron chi connectivity index (χ1n) is 9.66. The van der Waals surface area contributed by atoms with Gasteiger partial charge in [0.25, 0.3) is 11.8 Å². The standard InChI is InChI=1S/C22H22ClN3O6/c1-14(27)15-6-4-7-16(12-15)24-20(29)13-32-21(30)11-5-10-19(28)25-26-22(31)17-8-2-3-9-18(17)23/h2-4,6-9,12H,5,10-11,13H2,1H3,(H,24,29)(H,25,28)(H,26,31). The van der Waals surface area contributed by atoms with Gasteiger partial charge >= 0.3 is 5.97 Å². The molecule has 2 aromatic carbocycles. The van der Waals surface area contributed by atoms with Gasteiger partial charge in [0.1, 0.15) is 0 Å². The summed E-state index contributed by atoms with van der Waals surface area (Å²) in [5.41, 5.74) is 5.54. The topological polar surface area (TPSA) is 131 Å². The van der Waals surface area contributed by atoms with E-state index in [0.717, 1.165) is 0 Å². The molecular weight excluding hydrogens is 438 g/mol. The molecule has 2 rings (SSSR count). The summed E-state index contributed by atoms with van der Waals surface area (Å²) in [6, 6.07) is 12.7. The molecule has 168 valence electrons. The number of hydrogen-bond donors (Lipinski definition) is 3. The van der Waals surface area contributed by atoms with Crippen LogP contribution in [0.3, 0.4) is 0 Å². The van der Waals surface area contributed by atoms with Gasteiger partial charge in [-0.3, -0.25) is 34.8 Å². The minimum absolute atomic E-state index is 0.0397. The van der Waals surface area contributed by atoms with Crippen LogP contribution in [0.4, 0.5) is 5.69 Å². The number of amides is 3. The molecule has 0 saturated carbocycles. The van der Waals surface area contributed by atoms with E-state index in [0.29, 0.717) is 11.3 Å². The summed E-state index contributed by atoms with van der Waals surface area (Å²) < 4.78 is 4.87. The Hall–Kier alpha value is -3.72. The van der Waals surface area contributed by atoms with E-state index in [-0.39, 0.29) is 35.6 Å². The van der Waals surface area contributed by atoms with E-state index in [2.05, 4.69) is 16.2 Å². The summed E-state index contributed by atoms with van der Waals surface area (Å²) >= 11 is 5.90. The predicted octanol–water partition coefficient (Wildman–Crippen LogP) is 2.66. The number of carbonyl (C=O) groups excluding carboxylic acids is 5. The zero-order chi connectivity index (χ0) is 23.5. The molecule has 0 aliphatic rings. The van der Waals surface area contributed by atoms with Crippen molar-refractivity contribution in [2.75, 3.05) is 11.9 Å². The fraction of sp³-hybridized carbons (Fsp3) is 0.227. The van der Waals surface area contributed by atoms with Gasteiger partial charge in [-0.25, -0.2) is 0 Å². The number of halogens is 1. The molecule has 0 aromatic heterocycles. The van der Waals surface area contributed by atoms with Crippen LogP contribution in [-0.2, 0) is 19.1 Å². The third-order valence-corrected chi connectivity index (χ3v) is 4.47. The second-order valence-corrected chi connectivity index (χ2v) is 7.09. The van der Waals surface area contributed by atoms with Crippen LogP contribution in [-0.4, -0.2) is 36.1 Å². The van der Waals surface area contributed by atoms with Gasteiger partial charge in [-0.15, -0.1) is 0 Å². The van der Waals surface area contributed by atoms with E-state index >= 15 is 0 Å². The number of esters is 1. The zero-order valence-corrected chi connectivity index (χ0v) is 18.0. The van der Waals surface area contributed by atoms with Gasteiger partial charge in [-0.1, -0.05) is 35.9 Å². The van der Waals surface area contributed by atoms with Crippen molar-refractivity contribution in [3.63, 3.8) is 0 Å². The average Bonchev–Trinajstić information content (AvgIpc) is 2.76. The summed E-state index contributed by atoms with van der Waals surface area (Å²) in [7, 11) is 0. The molecule has 3 amide bonds. The highest BCUT2D eigenvalue weighted by molar-refractivity contribution is 6.33. The highest BCUT2D eigenvalue weighted by Gasteiger charge is 2.12. The van der Waals surface area contributed by atoms with Gasteiger partial charge < -0.3 is 10.1 Å². The Morgan fingerprint density at radius 1 is 0.906 bits per heavy atom. The summed E-state index contributed by atoms with van der Waals surface area (Å²) in [5, 5.41) is 2.78. The van der Waals surface area contributed by atoms with E-state index in [4.69, 9.17) is 16.3 Å². The summed E-state index contributed by atoms with van der Waals surface area (Å²) in [4.78, 5) is 58.7. The van der Waals surface area contributed by atoms with Gasteiger partial charge in [-0.05, 0) is 37.6 Å². The van der Waals surface area contributed by atoms with Gasteiger partial charge in [0.05, 0.1) is 10.6 Å². The zero-order valence-electron chi connectivity index (χ0n) is 17.3. The lowest BCUT2D eigenvalue weighted by molar-refractivity contribution is -0.147. The highest BCUT2D eigenvalue weighted by Crippen LogP contribution is 2.14. The average molecular weight is 460 g/mol. The Labute approximate surface area is 189 Å². The second kappa shape index (κ2) is 12.2. The molecule has 2 aromatic rings. The first kappa shape index (κ1) is 24.5. The molecule has 3 N–H and O–H groups in total. The molecule has 9 nitrogen and oxygen atoms in total. The number of ketones is 1. The molecule has 0 aliphatic heterocycles. The first-order chi connectivity index (χ1) is 15.3. The molecule has 0 aliphatic carbocycles. The Kier molecular flexibility index (Phi) is 9.37. The molecule has 0 saturated heterocycles. The monoisotopic (exact) mass is 459 g/mol. The van der Waals surface area contributed by atoms with E-state index in [1.54, 1.807) is 36.4 Å². The summed E-state index contributed by atoms with van der Waals surface area (Å²) in [6.07, 6.45) is 0.0375. The maximum atomic E-state index is 11.9. The van der Waals surface area contributed by atoms with Crippen molar-refractivity contribution in [3.8, 4) is 0 Å². The van der Waals surface area contributed by atoms with Crippen molar-refractivity contribution in [1.29, 1.82) is 0 Å². The van der Waals surface area contributed by atoms with Gasteiger partial charge in [-0.2, -0.15) is 0 Å². The Morgan fingerprint density at radius 3 is 2.38 bits per heavy atom. The van der Waals surface area contributed by atoms with Crippen molar-refractivity contribution in [2.45, 2.75) is 26.2 Å². The second-order valence-electron chi connectivity index (χ2n) is 6.68. The van der Waals surface area contributed by atoms with Crippen molar-refractivity contribution >= 4 is 46.8 Å². The van der Waals surface area contributed by atoms with E-state index in [1.165, 1.54) is 19.1 Å². The summed E-state index contributed by atoms with van der Waals surface area (Å²) in [6.45, 7) is 0.916. The highest BCUT2D eigenvalue weighted by atomic mass is 35.5. The molecule has 10 heteroatoms. The third kappa shape index (κ3) is 8.19. The van der Waals surface area contributed by atoms with Crippen LogP contribution in [0.15, 0.2) is 48.5 Å². The molecule has 0 fully saturated rings. The van der Waals surface area contributed by atoms with Gasteiger partial charge in [0.15, 0.2) is 12.4 Å². The van der Waals surface area contributed by atoms with Crippen LogP contribution in [0.25, 0.3) is 0 Å². The van der Waals surface area contributed by atoms with Crippen LogP contribution < -0.4 is 16.2 Å². The molecule has 0 radical (unpaired) electrons. The van der Waals surface area contributed by atoms with E-state index in [1.807, 2.05) is 0 Å². The van der Waals surface area contributed by atoms with Gasteiger partial charge in [0.2, 0.25) is 5.91 Å². The SMILES string of the molecule is CC(=O)c1cccc(NC(=O)COC(=O)CCCC(=O)NNC(=O)c2ccccc2Cl)c1. The van der Waals surface area contributed by atoms with E-state index in [9.17, 15) is 24.0 Å². The lowest BCUT2D eigenvalue weighted by atomic mass is 10.1. The normalized spacial score (nSPS) is 10.1. The van der Waals surface area contributed by atoms with Crippen molar-refractivity contribution in [2.24, 2.45) is 0 Å². The number of Topliss-reactive ketones (excluding diaryl/α,β-unsaturated/α-hetero) is 1. The first-order valence-corrected chi connectivity index (χ1v) is 10.0.